The molecule has 1 saturated heterocycles. The highest BCUT2D eigenvalue weighted by Crippen LogP contribution is 2.21. The lowest BCUT2D eigenvalue weighted by atomic mass is 10.2. The molecule has 2 N–H and O–H groups in total. The molecule has 0 aliphatic carbocycles. The van der Waals surface area contributed by atoms with Crippen molar-refractivity contribution in [1.82, 2.24) is 5.32 Å². The molecule has 1 aliphatic heterocycles. The van der Waals surface area contributed by atoms with Crippen LogP contribution in [0.4, 0.5) is 5.69 Å². The van der Waals surface area contributed by atoms with E-state index in [1.807, 2.05) is 18.2 Å². The molecule has 0 saturated carbocycles. The van der Waals surface area contributed by atoms with Crippen LogP contribution in [0, 0.1) is 3.57 Å². The lowest BCUT2D eigenvalue weighted by Gasteiger charge is -2.23. The van der Waals surface area contributed by atoms with Crippen LogP contribution in [0.1, 0.15) is 12.8 Å². The molecule has 1 atom stereocenters. The first-order chi connectivity index (χ1) is 8.09. The van der Waals surface area contributed by atoms with Crippen LogP contribution in [-0.4, -0.2) is 26.8 Å². The van der Waals surface area contributed by atoms with E-state index in [4.69, 9.17) is 0 Å². The van der Waals surface area contributed by atoms with Gasteiger partial charge in [0.15, 0.2) is 0 Å². The fourth-order valence-corrected chi connectivity index (χ4v) is 4.04. The van der Waals surface area contributed by atoms with E-state index in [2.05, 4.69) is 32.6 Å². The van der Waals surface area contributed by atoms with Crippen molar-refractivity contribution in [3.8, 4) is 0 Å². The van der Waals surface area contributed by atoms with Crippen LogP contribution in [0.2, 0.25) is 0 Å². The van der Waals surface area contributed by atoms with Crippen LogP contribution in [0.5, 0.6) is 0 Å². The first kappa shape index (κ1) is 13.1. The molecule has 94 valence electrons. The van der Waals surface area contributed by atoms with E-state index < -0.39 is 10.0 Å². The molecule has 2 rings (SSSR count). The summed E-state index contributed by atoms with van der Waals surface area (Å²) in [6.07, 6.45) is 1.64. The van der Waals surface area contributed by atoms with Gasteiger partial charge in [-0.15, -0.1) is 0 Å². The Labute approximate surface area is 115 Å². The Morgan fingerprint density at radius 3 is 2.76 bits per heavy atom. The van der Waals surface area contributed by atoms with Crippen molar-refractivity contribution in [2.75, 3.05) is 17.8 Å². The summed E-state index contributed by atoms with van der Waals surface area (Å²) in [4.78, 5) is 0. The zero-order chi connectivity index (χ0) is 12.3. The molecule has 1 aliphatic rings. The van der Waals surface area contributed by atoms with E-state index in [0.29, 0.717) is 12.2 Å². The van der Waals surface area contributed by atoms with Gasteiger partial charge in [0, 0.05) is 10.1 Å². The number of nitrogens with one attached hydrogen (secondary N) is 2. The lowest BCUT2D eigenvalue weighted by molar-refractivity contribution is 0.499. The summed E-state index contributed by atoms with van der Waals surface area (Å²) in [5, 5.41) is 2.79. The number of sulfonamides is 1. The predicted molar refractivity (Wildman–Crippen MR) is 77.6 cm³/mol. The summed E-state index contributed by atoms with van der Waals surface area (Å²) in [6.45, 7) is 1.45. The van der Waals surface area contributed by atoms with Crippen LogP contribution in [0.15, 0.2) is 24.3 Å². The van der Waals surface area contributed by atoms with E-state index in [0.717, 1.165) is 23.0 Å². The summed E-state index contributed by atoms with van der Waals surface area (Å²) in [5.74, 6) is 0. The largest absolute Gasteiger partial charge is 0.315 e. The fourth-order valence-electron chi connectivity index (χ4n) is 1.87. The number of piperidine rings is 1. The molecule has 0 bridgehead atoms. The lowest BCUT2D eigenvalue weighted by Crippen LogP contribution is -2.41. The number of anilines is 1. The maximum absolute atomic E-state index is 12.2. The average molecular weight is 366 g/mol. The van der Waals surface area contributed by atoms with Gasteiger partial charge in [-0.1, -0.05) is 12.1 Å². The quantitative estimate of drug-likeness (QED) is 0.802. The Hall–Kier alpha value is -0.340. The molecule has 1 aromatic carbocycles. The van der Waals surface area contributed by atoms with Crippen molar-refractivity contribution in [2.24, 2.45) is 0 Å². The third kappa shape index (κ3) is 3.32. The minimum Gasteiger partial charge on any atom is -0.315 e. The van der Waals surface area contributed by atoms with Crippen LogP contribution < -0.4 is 10.0 Å². The van der Waals surface area contributed by atoms with Crippen LogP contribution in [-0.2, 0) is 10.0 Å². The number of hydrogen-bond donors (Lipinski definition) is 2. The molecular weight excluding hydrogens is 351 g/mol. The van der Waals surface area contributed by atoms with Gasteiger partial charge >= 0.3 is 0 Å². The molecule has 0 amide bonds. The van der Waals surface area contributed by atoms with E-state index in [1.165, 1.54) is 0 Å². The van der Waals surface area contributed by atoms with Gasteiger partial charge in [0.1, 0.15) is 0 Å². The number of halogens is 1. The standard InChI is InChI=1S/C11H15IN2O2S/c12-10-5-1-2-6-11(10)14-17(15,16)9-4-3-7-13-8-9/h1-2,5-6,9,13-14H,3-4,7-8H2. The second kappa shape index (κ2) is 5.53. The minimum absolute atomic E-state index is 0.327. The molecule has 1 fully saturated rings. The molecule has 0 aromatic heterocycles. The molecular formula is C11H15IN2O2S. The maximum atomic E-state index is 12.2. The maximum Gasteiger partial charge on any atom is 0.236 e. The third-order valence-electron chi connectivity index (χ3n) is 2.82. The van der Waals surface area contributed by atoms with E-state index in [-0.39, 0.29) is 5.25 Å². The van der Waals surface area contributed by atoms with Crippen molar-refractivity contribution >= 4 is 38.3 Å². The van der Waals surface area contributed by atoms with Crippen molar-refractivity contribution < 1.29 is 8.42 Å². The van der Waals surface area contributed by atoms with Gasteiger partial charge < -0.3 is 5.32 Å². The van der Waals surface area contributed by atoms with Gasteiger partial charge in [-0.05, 0) is 54.1 Å². The van der Waals surface area contributed by atoms with Gasteiger partial charge in [-0.2, -0.15) is 0 Å². The van der Waals surface area contributed by atoms with Crippen LogP contribution in [0.3, 0.4) is 0 Å². The Balaban J connectivity index is 2.14. The second-order valence-corrected chi connectivity index (χ2v) is 7.22. The zero-order valence-corrected chi connectivity index (χ0v) is 12.3. The molecule has 0 spiro atoms. The fraction of sp³-hybridized carbons (Fsp3) is 0.455. The van der Waals surface area contributed by atoms with Crippen molar-refractivity contribution in [3.05, 3.63) is 27.8 Å². The first-order valence-corrected chi connectivity index (χ1v) is 8.19. The Morgan fingerprint density at radius 1 is 1.35 bits per heavy atom. The minimum atomic E-state index is -3.28. The summed E-state index contributed by atoms with van der Waals surface area (Å²) in [6, 6.07) is 7.40. The zero-order valence-electron chi connectivity index (χ0n) is 9.32. The van der Waals surface area contributed by atoms with Crippen molar-refractivity contribution in [3.63, 3.8) is 0 Å². The van der Waals surface area contributed by atoms with E-state index in [1.54, 1.807) is 6.07 Å². The van der Waals surface area contributed by atoms with Gasteiger partial charge in [-0.25, -0.2) is 8.42 Å². The molecule has 0 radical (unpaired) electrons. The van der Waals surface area contributed by atoms with Gasteiger partial charge in [0.2, 0.25) is 10.0 Å². The molecule has 1 heterocycles. The van der Waals surface area contributed by atoms with Crippen LogP contribution in [0.25, 0.3) is 0 Å². The summed E-state index contributed by atoms with van der Waals surface area (Å²) in [5.41, 5.74) is 0.665. The highest BCUT2D eigenvalue weighted by Gasteiger charge is 2.27. The first-order valence-electron chi connectivity index (χ1n) is 5.56. The van der Waals surface area contributed by atoms with Crippen LogP contribution >= 0.6 is 22.6 Å². The highest BCUT2D eigenvalue weighted by molar-refractivity contribution is 14.1. The van der Waals surface area contributed by atoms with Crippen molar-refractivity contribution in [1.29, 1.82) is 0 Å². The monoisotopic (exact) mass is 366 g/mol. The predicted octanol–water partition coefficient (Wildman–Crippen LogP) is 1.78. The van der Waals surface area contributed by atoms with E-state index in [9.17, 15) is 8.42 Å². The Kier molecular flexibility index (Phi) is 4.26. The normalized spacial score (nSPS) is 21.1. The van der Waals surface area contributed by atoms with E-state index >= 15 is 0 Å². The molecule has 4 nitrogen and oxygen atoms in total. The SMILES string of the molecule is O=S(=O)(Nc1ccccc1I)C1CCCNC1. The number of benzene rings is 1. The van der Waals surface area contributed by atoms with Gasteiger partial charge in [0.25, 0.3) is 0 Å². The summed E-state index contributed by atoms with van der Waals surface area (Å²) >= 11 is 2.13. The number of hydrogen-bond acceptors (Lipinski definition) is 3. The smallest absolute Gasteiger partial charge is 0.236 e. The van der Waals surface area contributed by atoms with Gasteiger partial charge in [-0.3, -0.25) is 4.72 Å². The Morgan fingerprint density at radius 2 is 2.12 bits per heavy atom. The van der Waals surface area contributed by atoms with Gasteiger partial charge in [0.05, 0.1) is 10.9 Å². The highest BCUT2D eigenvalue weighted by atomic mass is 127. The van der Waals surface area contributed by atoms with Crippen molar-refractivity contribution in [2.45, 2.75) is 18.1 Å². The summed E-state index contributed by atoms with van der Waals surface area (Å²) in [7, 11) is -3.28. The molecule has 6 heteroatoms. The molecule has 1 unspecified atom stereocenters. The molecule has 17 heavy (non-hydrogen) atoms. The number of para-hydroxylation sites is 1. The second-order valence-electron chi connectivity index (χ2n) is 4.10. The molecule has 1 aromatic rings. The Bertz CT molecular complexity index is 484. The summed E-state index contributed by atoms with van der Waals surface area (Å²) < 4.78 is 27.9. The topological polar surface area (TPSA) is 58.2 Å². The third-order valence-corrected chi connectivity index (χ3v) is 5.54. The number of rotatable bonds is 3. The average Bonchev–Trinajstić information content (AvgIpc) is 2.33.